The summed E-state index contributed by atoms with van der Waals surface area (Å²) < 4.78 is 37.7. The average Bonchev–Trinajstić information content (AvgIpc) is 0.794. The Hall–Kier alpha value is -16.4. The monoisotopic (exact) mass is 1980 g/mol. The van der Waals surface area contributed by atoms with Crippen LogP contribution in [-0.2, 0) is 0 Å². The molecule has 0 spiro atoms. The molecule has 150 heavy (non-hydrogen) atoms. The van der Waals surface area contributed by atoms with E-state index in [0.29, 0.717) is 26.4 Å². The van der Waals surface area contributed by atoms with E-state index in [-0.39, 0.29) is 0 Å². The van der Waals surface area contributed by atoms with Crippen LogP contribution in [0.4, 0.5) is 102 Å². The predicted molar refractivity (Wildman–Crippen MR) is 629 cm³/mol. The number of nitrogens with zero attached hydrogens (tertiary/aromatic N) is 6. The molecule has 0 N–H and O–H groups in total. The van der Waals surface area contributed by atoms with Crippen molar-refractivity contribution in [3.8, 4) is 56.8 Å². The van der Waals surface area contributed by atoms with Crippen LogP contribution in [0, 0.1) is 0 Å². The highest BCUT2D eigenvalue weighted by atomic mass is 16.5. The van der Waals surface area contributed by atoms with Crippen LogP contribution in [0.3, 0.4) is 0 Å². The van der Waals surface area contributed by atoms with E-state index in [1.165, 1.54) is 103 Å². The van der Waals surface area contributed by atoms with Gasteiger partial charge in [0.2, 0.25) is 0 Å². The number of rotatable bonds is 59. The summed E-state index contributed by atoms with van der Waals surface area (Å²) >= 11 is 0. The molecule has 18 rings (SSSR count). The molecular weight excluding hydrogens is 1840 g/mol. The van der Waals surface area contributed by atoms with Gasteiger partial charge in [0.1, 0.15) is 34.5 Å². The molecule has 12 heteroatoms. The molecule has 18 aromatic rings. The first-order chi connectivity index (χ1) is 74.5. The summed E-state index contributed by atoms with van der Waals surface area (Å²) in [5, 5.41) is 0. The molecular formula is C138H140N6O6. The molecule has 0 heterocycles. The number of benzene rings is 18. The van der Waals surface area contributed by atoms with Crippen molar-refractivity contribution in [1.29, 1.82) is 0 Å². The Morgan fingerprint density at radius 3 is 0.300 bits per heavy atom. The van der Waals surface area contributed by atoms with Gasteiger partial charge in [-0.05, 0) is 352 Å². The third-order valence-corrected chi connectivity index (χ3v) is 27.6. The number of ether oxygens (including phenoxy) is 6. The fraction of sp³-hybridized carbons (Fsp3) is 0.217. The van der Waals surface area contributed by atoms with Gasteiger partial charge < -0.3 is 57.8 Å². The number of para-hydroxylation sites is 8. The zero-order valence-corrected chi connectivity index (χ0v) is 86.5. The second kappa shape index (κ2) is 56.5. The topological polar surface area (TPSA) is 74.8 Å². The highest BCUT2D eigenvalue weighted by Crippen LogP contribution is 2.45. The fourth-order valence-corrected chi connectivity index (χ4v) is 19.6. The Balaban J connectivity index is 0.377. The first-order valence-electron chi connectivity index (χ1n) is 54.5. The Morgan fingerprint density at radius 1 is 0.0933 bits per heavy atom. The van der Waals surface area contributed by atoms with Gasteiger partial charge in [0.25, 0.3) is 0 Å². The van der Waals surface area contributed by atoms with Crippen LogP contribution in [-0.4, -0.2) is 39.6 Å². The molecule has 0 aliphatic carbocycles. The van der Waals surface area contributed by atoms with Gasteiger partial charge in [0, 0.05) is 102 Å². The van der Waals surface area contributed by atoms with Gasteiger partial charge >= 0.3 is 0 Å². The standard InChI is InChI=1S/C138H140N6O6/c1(7-13-43-105-145-133-93-81-127(82-94-133)139(115-49-27-19-28-50-115)116-51-29-20-30-52-116)3-9-15-45-107-147-135-97-85-129(86-98-135)141(119-57-35-23-36-58-119)123-73-65-111(66-74-123)113-69-77-125(78-70-113)143(121-61-39-25-40-62-121)131-89-101-137(102-90-131)149-109-47-17-11-5-6-12-18-48-110-150-138-103-91-132(92-104-138)144(122-63-41-26-42-64-122)126-79-71-114(72-80-126)112-67-75-124(76-68-112)142(120-59-37-24-38-60-120)130-87-99-136(100-88-130)148-108-46-16-10-4-2-8-14-44-106-146-134-95-83-128(84-96-134)140(117-53-31-21-32-54-117)118-55-33-22-34-56-118/h19-42,49-104H,1-18,43-48,105-110H2. The van der Waals surface area contributed by atoms with Crippen LogP contribution in [0.15, 0.2) is 485 Å². The fourth-order valence-electron chi connectivity index (χ4n) is 19.6. The summed E-state index contributed by atoms with van der Waals surface area (Å²) in [6.45, 7) is 4.30. The summed E-state index contributed by atoms with van der Waals surface area (Å²) in [7, 11) is 0. The van der Waals surface area contributed by atoms with Gasteiger partial charge in [0.15, 0.2) is 0 Å². The molecule has 0 aliphatic rings. The summed E-state index contributed by atoms with van der Waals surface area (Å²) in [4.78, 5) is 13.8. The van der Waals surface area contributed by atoms with Crippen LogP contribution in [0.5, 0.6) is 34.5 Å². The zero-order valence-electron chi connectivity index (χ0n) is 86.5. The van der Waals surface area contributed by atoms with E-state index in [9.17, 15) is 0 Å². The van der Waals surface area contributed by atoms with Crippen molar-refractivity contribution in [1.82, 2.24) is 0 Å². The highest BCUT2D eigenvalue weighted by Gasteiger charge is 2.22. The zero-order chi connectivity index (χ0) is 102. The third kappa shape index (κ3) is 30.2. The van der Waals surface area contributed by atoms with Gasteiger partial charge in [-0.2, -0.15) is 0 Å². The van der Waals surface area contributed by atoms with E-state index >= 15 is 0 Å². The summed E-state index contributed by atoms with van der Waals surface area (Å²) in [5.74, 6) is 5.40. The van der Waals surface area contributed by atoms with Gasteiger partial charge in [-0.15, -0.1) is 0 Å². The number of unbranched alkanes of at least 4 members (excludes halogenated alkanes) is 21. The van der Waals surface area contributed by atoms with Crippen molar-refractivity contribution >= 4 is 102 Å². The van der Waals surface area contributed by atoms with Crippen molar-refractivity contribution in [3.63, 3.8) is 0 Å². The third-order valence-electron chi connectivity index (χ3n) is 27.6. The van der Waals surface area contributed by atoms with E-state index in [1.54, 1.807) is 0 Å². The van der Waals surface area contributed by atoms with Gasteiger partial charge in [-0.25, -0.2) is 0 Å². The molecule has 0 bridgehead atoms. The van der Waals surface area contributed by atoms with E-state index in [2.05, 4.69) is 515 Å². The Morgan fingerprint density at radius 2 is 0.187 bits per heavy atom. The number of hydrogen-bond acceptors (Lipinski definition) is 12. The maximum absolute atomic E-state index is 6.35. The summed E-state index contributed by atoms with van der Waals surface area (Å²) in [5.41, 5.74) is 24.3. The second-order valence-electron chi connectivity index (χ2n) is 38.4. The van der Waals surface area contributed by atoms with Gasteiger partial charge in [0.05, 0.1) is 39.6 Å². The first kappa shape index (κ1) is 104. The van der Waals surface area contributed by atoms with Crippen molar-refractivity contribution < 1.29 is 28.4 Å². The minimum absolute atomic E-state index is 0.702. The molecule has 0 aromatic heterocycles. The molecule has 0 saturated heterocycles. The normalized spacial score (nSPS) is 11.1. The van der Waals surface area contributed by atoms with E-state index in [4.69, 9.17) is 28.4 Å². The molecule has 0 saturated carbocycles. The van der Waals surface area contributed by atoms with Gasteiger partial charge in [-0.1, -0.05) is 310 Å². The van der Waals surface area contributed by atoms with Crippen LogP contribution in [0.1, 0.15) is 154 Å². The van der Waals surface area contributed by atoms with Crippen molar-refractivity contribution in [2.24, 2.45) is 0 Å². The van der Waals surface area contributed by atoms with E-state index < -0.39 is 0 Å². The second-order valence-corrected chi connectivity index (χ2v) is 38.4. The number of anilines is 18. The van der Waals surface area contributed by atoms with E-state index in [0.717, 1.165) is 224 Å². The first-order valence-corrected chi connectivity index (χ1v) is 54.5. The molecule has 12 nitrogen and oxygen atoms in total. The SMILES string of the molecule is c1ccc(N(c2ccccc2)c2ccc(OCCCCCCCCCCOc3ccc(N(c4ccccc4)c4ccc(-c5ccc(N(c6ccccc6)c6ccc(OCCCCCCCCCCOc7ccc(N(c8ccccc8)c8ccc(-c9ccc(N(c%10ccccc%10)c%10ccc(OCCCCCCCCCCOc%11ccc(N(c%12ccccc%12)c%12ccccc%12)cc%11)cc%10)cc9)cc8)cc7)cc6)cc5)cc4)cc3)cc2)cc1. The number of hydrogen-bond donors (Lipinski definition) is 0. The minimum atomic E-state index is 0.702. The molecule has 0 amide bonds. The minimum Gasteiger partial charge on any atom is -0.494 e. The predicted octanol–water partition coefficient (Wildman–Crippen LogP) is 39.6. The quantitative estimate of drug-likeness (QED) is 0.0341. The lowest BCUT2D eigenvalue weighted by atomic mass is 10.0. The molecule has 0 atom stereocenters. The van der Waals surface area contributed by atoms with Crippen molar-refractivity contribution in [2.45, 2.75) is 154 Å². The molecule has 0 fully saturated rings. The highest BCUT2D eigenvalue weighted by molar-refractivity contribution is 5.85. The van der Waals surface area contributed by atoms with Crippen LogP contribution >= 0.6 is 0 Å². The molecule has 0 aliphatic heterocycles. The van der Waals surface area contributed by atoms with Crippen molar-refractivity contribution in [3.05, 3.63) is 485 Å². The largest absolute Gasteiger partial charge is 0.494 e. The molecule has 0 unspecified atom stereocenters. The lowest BCUT2D eigenvalue weighted by Gasteiger charge is -2.26. The van der Waals surface area contributed by atoms with Crippen LogP contribution in [0.2, 0.25) is 0 Å². The summed E-state index contributed by atoms with van der Waals surface area (Å²) in [6.07, 6.45) is 28.1. The Kier molecular flexibility index (Phi) is 39.0. The maximum Gasteiger partial charge on any atom is 0.119 e. The maximum atomic E-state index is 6.35. The van der Waals surface area contributed by atoms with Gasteiger partial charge in [-0.3, -0.25) is 0 Å². The molecule has 18 aromatic carbocycles. The Labute approximate surface area is 890 Å². The van der Waals surface area contributed by atoms with Crippen LogP contribution < -0.4 is 57.8 Å². The average molecular weight is 1980 g/mol. The van der Waals surface area contributed by atoms with Crippen molar-refractivity contribution in [2.75, 3.05) is 69.0 Å². The summed E-state index contributed by atoms with van der Waals surface area (Å²) in [6, 6.07) is 171. The molecule has 0 radical (unpaired) electrons. The lowest BCUT2D eigenvalue weighted by molar-refractivity contribution is 0.301. The van der Waals surface area contributed by atoms with E-state index in [1.807, 2.05) is 0 Å². The lowest BCUT2D eigenvalue weighted by Crippen LogP contribution is -2.10. The smallest absolute Gasteiger partial charge is 0.119 e. The van der Waals surface area contributed by atoms with Crippen LogP contribution in [0.25, 0.3) is 22.3 Å². The Bertz CT molecular complexity index is 6360. The molecule has 758 valence electrons.